The number of carboxylic acids is 1. The summed E-state index contributed by atoms with van der Waals surface area (Å²) in [5.74, 6) is -1.05. The van der Waals surface area contributed by atoms with Crippen LogP contribution in [-0.4, -0.2) is 24.0 Å². The van der Waals surface area contributed by atoms with Crippen LogP contribution in [0.25, 0.3) is 6.08 Å². The van der Waals surface area contributed by atoms with Crippen LogP contribution in [0.1, 0.15) is 21.5 Å². The molecule has 0 unspecified atom stereocenters. The van der Waals surface area contributed by atoms with Crippen LogP contribution in [0.4, 0.5) is 0 Å². The molecule has 0 aliphatic heterocycles. The van der Waals surface area contributed by atoms with Gasteiger partial charge in [-0.2, -0.15) is 0 Å². The average Bonchev–Trinajstić information content (AvgIpc) is 2.74. The molecular formula is C23H20O4. The molecule has 0 aromatic heterocycles. The van der Waals surface area contributed by atoms with E-state index < -0.39 is 5.97 Å². The van der Waals surface area contributed by atoms with Gasteiger partial charge in [-0.3, -0.25) is 4.79 Å². The molecule has 0 radical (unpaired) electrons. The smallest absolute Gasteiger partial charge is 0.371 e. The van der Waals surface area contributed by atoms with Crippen molar-refractivity contribution >= 4 is 17.8 Å². The molecule has 3 rings (SSSR count). The molecule has 1 N–H and O–H groups in total. The van der Waals surface area contributed by atoms with Crippen molar-refractivity contribution < 1.29 is 19.4 Å². The molecular weight excluding hydrogens is 340 g/mol. The van der Waals surface area contributed by atoms with E-state index >= 15 is 0 Å². The molecule has 0 amide bonds. The van der Waals surface area contributed by atoms with Gasteiger partial charge in [0.1, 0.15) is 0 Å². The van der Waals surface area contributed by atoms with E-state index in [0.717, 1.165) is 16.7 Å². The Morgan fingerprint density at radius 2 is 1.15 bits per heavy atom. The van der Waals surface area contributed by atoms with Crippen molar-refractivity contribution in [3.05, 3.63) is 113 Å². The Bertz CT molecular complexity index is 844. The largest absolute Gasteiger partial charge is 0.490 e. The Hall–Kier alpha value is -3.66. The number of carboxylic acid groups (broad SMARTS) is 1. The Kier molecular flexibility index (Phi) is 7.54. The lowest BCUT2D eigenvalue weighted by atomic mass is 10.0. The fourth-order valence-electron chi connectivity index (χ4n) is 2.25. The van der Waals surface area contributed by atoms with E-state index in [9.17, 15) is 9.59 Å². The minimum atomic E-state index is -1.06. The van der Waals surface area contributed by atoms with Gasteiger partial charge in [-0.1, -0.05) is 91.0 Å². The molecule has 0 aliphatic rings. The second-order valence-electron chi connectivity index (χ2n) is 5.49. The number of rotatable bonds is 5. The number of ether oxygens (including phenoxy) is 1. The highest BCUT2D eigenvalue weighted by Gasteiger charge is 2.06. The van der Waals surface area contributed by atoms with Crippen molar-refractivity contribution in [3.63, 3.8) is 0 Å². The number of aliphatic carboxylic acids is 1. The van der Waals surface area contributed by atoms with E-state index in [1.165, 1.54) is 13.2 Å². The quantitative estimate of drug-likeness (QED) is 0.408. The van der Waals surface area contributed by atoms with Gasteiger partial charge in [-0.15, -0.1) is 0 Å². The first-order chi connectivity index (χ1) is 13.1. The summed E-state index contributed by atoms with van der Waals surface area (Å²) in [6.07, 6.45) is 1.47. The monoisotopic (exact) mass is 360 g/mol. The highest BCUT2D eigenvalue weighted by atomic mass is 16.5. The van der Waals surface area contributed by atoms with Crippen molar-refractivity contribution in [3.8, 4) is 0 Å². The molecule has 136 valence electrons. The summed E-state index contributed by atoms with van der Waals surface area (Å²) in [5.41, 5.74) is 2.28. The van der Waals surface area contributed by atoms with Crippen LogP contribution in [0, 0.1) is 0 Å². The molecule has 4 heteroatoms. The van der Waals surface area contributed by atoms with Gasteiger partial charge < -0.3 is 9.84 Å². The Morgan fingerprint density at radius 3 is 1.52 bits per heavy atom. The van der Waals surface area contributed by atoms with Crippen LogP contribution < -0.4 is 0 Å². The van der Waals surface area contributed by atoms with E-state index in [2.05, 4.69) is 4.74 Å². The molecule has 0 bridgehead atoms. The van der Waals surface area contributed by atoms with Gasteiger partial charge in [-0.25, -0.2) is 4.79 Å². The van der Waals surface area contributed by atoms with Crippen LogP contribution in [0.5, 0.6) is 0 Å². The van der Waals surface area contributed by atoms with Gasteiger partial charge >= 0.3 is 5.97 Å². The molecule has 0 heterocycles. The zero-order valence-corrected chi connectivity index (χ0v) is 14.9. The second-order valence-corrected chi connectivity index (χ2v) is 5.49. The summed E-state index contributed by atoms with van der Waals surface area (Å²) in [5, 5.41) is 8.64. The number of methoxy groups -OCH3 is 1. The minimum absolute atomic E-state index is 0.0637. The first-order valence-corrected chi connectivity index (χ1v) is 8.30. The van der Waals surface area contributed by atoms with E-state index in [1.54, 1.807) is 0 Å². The second kappa shape index (κ2) is 10.4. The zero-order chi connectivity index (χ0) is 19.5. The first kappa shape index (κ1) is 19.7. The number of carbonyl (C=O) groups excluding carboxylic acids is 1. The molecule has 0 atom stereocenters. The summed E-state index contributed by atoms with van der Waals surface area (Å²) in [6, 6.07) is 27.8. The molecule has 4 nitrogen and oxygen atoms in total. The van der Waals surface area contributed by atoms with E-state index in [-0.39, 0.29) is 11.5 Å². The Labute approximate surface area is 158 Å². The van der Waals surface area contributed by atoms with E-state index in [0.29, 0.717) is 0 Å². The maximum atomic E-state index is 11.8. The van der Waals surface area contributed by atoms with Crippen molar-refractivity contribution in [2.75, 3.05) is 7.11 Å². The predicted molar refractivity (Wildman–Crippen MR) is 105 cm³/mol. The molecule has 0 aliphatic carbocycles. The number of carbonyl (C=O) groups is 2. The lowest BCUT2D eigenvalue weighted by Gasteiger charge is -1.99. The average molecular weight is 360 g/mol. The van der Waals surface area contributed by atoms with E-state index in [1.807, 2.05) is 91.0 Å². The number of hydrogen-bond acceptors (Lipinski definition) is 3. The van der Waals surface area contributed by atoms with Crippen molar-refractivity contribution in [2.45, 2.75) is 0 Å². The number of benzene rings is 3. The predicted octanol–water partition coefficient (Wildman–Crippen LogP) is 4.68. The van der Waals surface area contributed by atoms with Gasteiger partial charge in [0.2, 0.25) is 5.76 Å². The number of ketones is 1. The lowest BCUT2D eigenvalue weighted by molar-refractivity contribution is -0.135. The Morgan fingerprint density at radius 1 is 0.741 bits per heavy atom. The zero-order valence-electron chi connectivity index (χ0n) is 14.9. The third kappa shape index (κ3) is 6.29. The topological polar surface area (TPSA) is 63.6 Å². The minimum Gasteiger partial charge on any atom is -0.490 e. The first-order valence-electron chi connectivity index (χ1n) is 8.30. The molecule has 0 spiro atoms. The normalized spacial score (nSPS) is 10.3. The SMILES string of the molecule is COC(=Cc1ccccc1)C(=O)O.O=C(c1ccccc1)c1ccccc1. The molecule has 0 saturated carbocycles. The third-order valence-corrected chi connectivity index (χ3v) is 3.60. The molecule has 3 aromatic rings. The summed E-state index contributed by atoms with van der Waals surface area (Å²) in [4.78, 5) is 22.4. The Balaban J connectivity index is 0.000000194. The van der Waals surface area contributed by atoms with Gasteiger partial charge in [0.15, 0.2) is 5.78 Å². The van der Waals surface area contributed by atoms with Gasteiger partial charge in [0.05, 0.1) is 7.11 Å². The van der Waals surface area contributed by atoms with Crippen LogP contribution in [0.2, 0.25) is 0 Å². The number of hydrogen-bond donors (Lipinski definition) is 1. The fraction of sp³-hybridized carbons (Fsp3) is 0.0435. The molecule has 0 fully saturated rings. The summed E-state index contributed by atoms with van der Waals surface area (Å²) < 4.78 is 4.68. The summed E-state index contributed by atoms with van der Waals surface area (Å²) in [6.45, 7) is 0. The van der Waals surface area contributed by atoms with Crippen LogP contribution in [0.15, 0.2) is 96.8 Å². The highest BCUT2D eigenvalue weighted by molar-refractivity contribution is 6.08. The van der Waals surface area contributed by atoms with Gasteiger partial charge in [0, 0.05) is 11.1 Å². The van der Waals surface area contributed by atoms with Crippen LogP contribution in [0.3, 0.4) is 0 Å². The van der Waals surface area contributed by atoms with Crippen LogP contribution >= 0.6 is 0 Å². The van der Waals surface area contributed by atoms with Crippen molar-refractivity contribution in [1.29, 1.82) is 0 Å². The maximum absolute atomic E-state index is 11.8. The standard InChI is InChI=1S/C13H10O.C10H10O3/c14-13(11-7-3-1-4-8-11)12-9-5-2-6-10-12;1-13-9(10(11)12)7-8-5-3-2-4-6-8/h1-10H;2-7H,1H3,(H,11,12). The fourth-order valence-corrected chi connectivity index (χ4v) is 2.25. The summed E-state index contributed by atoms with van der Waals surface area (Å²) in [7, 11) is 1.34. The molecule has 0 saturated heterocycles. The maximum Gasteiger partial charge on any atom is 0.371 e. The van der Waals surface area contributed by atoms with E-state index in [4.69, 9.17) is 5.11 Å². The van der Waals surface area contributed by atoms with Crippen LogP contribution in [-0.2, 0) is 9.53 Å². The van der Waals surface area contributed by atoms with Crippen molar-refractivity contribution in [2.24, 2.45) is 0 Å². The van der Waals surface area contributed by atoms with Gasteiger partial charge in [0.25, 0.3) is 0 Å². The summed E-state index contributed by atoms with van der Waals surface area (Å²) >= 11 is 0. The molecule has 27 heavy (non-hydrogen) atoms. The third-order valence-electron chi connectivity index (χ3n) is 3.60. The highest BCUT2D eigenvalue weighted by Crippen LogP contribution is 2.08. The lowest BCUT2D eigenvalue weighted by Crippen LogP contribution is -2.01. The molecule has 3 aromatic carbocycles. The van der Waals surface area contributed by atoms with Gasteiger partial charge in [-0.05, 0) is 11.6 Å². The van der Waals surface area contributed by atoms with Crippen molar-refractivity contribution in [1.82, 2.24) is 0 Å².